The lowest BCUT2D eigenvalue weighted by Gasteiger charge is -2.09. The SMILES string of the molecule is O=C(Nc1ccccc1O)c1cccc(C(=O)Nc2ccccc2O)n1. The molecule has 3 aromatic rings. The number of phenolic OH excluding ortho intramolecular Hbond substituents is 2. The van der Waals surface area contributed by atoms with Crippen LogP contribution in [-0.4, -0.2) is 27.0 Å². The second-order valence-corrected chi connectivity index (χ2v) is 5.35. The van der Waals surface area contributed by atoms with Gasteiger partial charge in [0, 0.05) is 0 Å². The highest BCUT2D eigenvalue weighted by atomic mass is 16.3. The molecule has 2 aromatic carbocycles. The highest BCUT2D eigenvalue weighted by Crippen LogP contribution is 2.23. The fourth-order valence-corrected chi connectivity index (χ4v) is 2.22. The average molecular weight is 349 g/mol. The van der Waals surface area contributed by atoms with Crippen LogP contribution in [0.1, 0.15) is 21.0 Å². The van der Waals surface area contributed by atoms with Crippen molar-refractivity contribution in [2.75, 3.05) is 10.6 Å². The van der Waals surface area contributed by atoms with Gasteiger partial charge in [-0.1, -0.05) is 30.3 Å². The number of aromatic hydroxyl groups is 2. The fourth-order valence-electron chi connectivity index (χ4n) is 2.22. The number of nitrogens with zero attached hydrogens (tertiary/aromatic N) is 1. The third kappa shape index (κ3) is 3.78. The van der Waals surface area contributed by atoms with Crippen molar-refractivity contribution in [2.24, 2.45) is 0 Å². The molecule has 3 rings (SSSR count). The highest BCUT2D eigenvalue weighted by Gasteiger charge is 2.14. The summed E-state index contributed by atoms with van der Waals surface area (Å²) in [6.45, 7) is 0. The predicted molar refractivity (Wildman–Crippen MR) is 96.4 cm³/mol. The summed E-state index contributed by atoms with van der Waals surface area (Å²) in [5.74, 6) is -1.28. The number of anilines is 2. The second kappa shape index (κ2) is 7.35. The van der Waals surface area contributed by atoms with Crippen molar-refractivity contribution in [3.8, 4) is 11.5 Å². The number of para-hydroxylation sites is 4. The van der Waals surface area contributed by atoms with Crippen molar-refractivity contribution in [3.63, 3.8) is 0 Å². The average Bonchev–Trinajstić information content (AvgIpc) is 2.65. The molecule has 0 aliphatic heterocycles. The van der Waals surface area contributed by atoms with Gasteiger partial charge in [-0.05, 0) is 36.4 Å². The molecule has 0 unspecified atom stereocenters. The molecule has 1 aromatic heterocycles. The Morgan fingerprint density at radius 1 is 0.654 bits per heavy atom. The summed E-state index contributed by atoms with van der Waals surface area (Å²) in [6, 6.07) is 17.0. The first kappa shape index (κ1) is 17.0. The molecule has 130 valence electrons. The topological polar surface area (TPSA) is 112 Å². The van der Waals surface area contributed by atoms with Crippen LogP contribution in [-0.2, 0) is 0 Å². The van der Waals surface area contributed by atoms with Gasteiger partial charge in [0.1, 0.15) is 22.9 Å². The summed E-state index contributed by atoms with van der Waals surface area (Å²) in [5.41, 5.74) is 0.503. The van der Waals surface area contributed by atoms with E-state index in [4.69, 9.17) is 0 Å². The van der Waals surface area contributed by atoms with Crippen molar-refractivity contribution in [2.45, 2.75) is 0 Å². The number of rotatable bonds is 4. The predicted octanol–water partition coefficient (Wildman–Crippen LogP) is 3.00. The zero-order valence-corrected chi connectivity index (χ0v) is 13.5. The Balaban J connectivity index is 1.77. The monoisotopic (exact) mass is 349 g/mol. The Morgan fingerprint density at radius 3 is 1.50 bits per heavy atom. The minimum absolute atomic E-state index is 0.0122. The van der Waals surface area contributed by atoms with Crippen molar-refractivity contribution in [3.05, 3.63) is 78.1 Å². The van der Waals surface area contributed by atoms with Crippen LogP contribution in [0.5, 0.6) is 11.5 Å². The number of aromatic nitrogens is 1. The van der Waals surface area contributed by atoms with Gasteiger partial charge in [0.15, 0.2) is 0 Å². The van der Waals surface area contributed by atoms with E-state index in [0.29, 0.717) is 0 Å². The molecular weight excluding hydrogens is 334 g/mol. The number of amides is 2. The maximum Gasteiger partial charge on any atom is 0.274 e. The minimum Gasteiger partial charge on any atom is -0.506 e. The number of pyridine rings is 1. The third-order valence-corrected chi connectivity index (χ3v) is 3.52. The van der Waals surface area contributed by atoms with Gasteiger partial charge in [-0.15, -0.1) is 0 Å². The lowest BCUT2D eigenvalue weighted by Crippen LogP contribution is -2.18. The Labute approximate surface area is 149 Å². The molecule has 2 amide bonds. The highest BCUT2D eigenvalue weighted by molar-refractivity contribution is 6.06. The lowest BCUT2D eigenvalue weighted by molar-refractivity contribution is 0.101. The standard InChI is InChI=1S/C19H15N3O4/c23-16-10-3-1-6-12(16)21-18(25)14-8-5-9-15(20-14)19(26)22-13-7-2-4-11-17(13)24/h1-11,23-24H,(H,21,25)(H,22,26). The molecule has 7 nitrogen and oxygen atoms in total. The second-order valence-electron chi connectivity index (χ2n) is 5.35. The maximum absolute atomic E-state index is 12.3. The van der Waals surface area contributed by atoms with Gasteiger partial charge in [-0.2, -0.15) is 0 Å². The summed E-state index contributed by atoms with van der Waals surface area (Å²) in [4.78, 5) is 28.6. The molecular formula is C19H15N3O4. The van der Waals surface area contributed by atoms with Gasteiger partial charge in [-0.25, -0.2) is 4.98 Å². The molecule has 26 heavy (non-hydrogen) atoms. The number of carbonyl (C=O) groups excluding carboxylic acids is 2. The summed E-state index contributed by atoms with van der Waals surface area (Å²) >= 11 is 0. The Morgan fingerprint density at radius 2 is 1.08 bits per heavy atom. The van der Waals surface area contributed by atoms with Crippen LogP contribution in [0.2, 0.25) is 0 Å². The molecule has 0 spiro atoms. The van der Waals surface area contributed by atoms with Gasteiger partial charge in [0.05, 0.1) is 11.4 Å². The van der Waals surface area contributed by atoms with Gasteiger partial charge >= 0.3 is 0 Å². The number of benzene rings is 2. The van der Waals surface area contributed by atoms with E-state index in [9.17, 15) is 19.8 Å². The molecule has 0 aliphatic rings. The largest absolute Gasteiger partial charge is 0.506 e. The number of hydrogen-bond donors (Lipinski definition) is 4. The van der Waals surface area contributed by atoms with E-state index in [-0.39, 0.29) is 34.3 Å². The molecule has 0 saturated heterocycles. The van der Waals surface area contributed by atoms with Crippen LogP contribution in [0, 0.1) is 0 Å². The first-order valence-electron chi connectivity index (χ1n) is 7.70. The molecule has 0 atom stereocenters. The number of phenols is 2. The zero-order chi connectivity index (χ0) is 18.5. The van der Waals surface area contributed by atoms with E-state index in [2.05, 4.69) is 15.6 Å². The van der Waals surface area contributed by atoms with E-state index in [1.54, 1.807) is 36.4 Å². The molecule has 0 saturated carbocycles. The molecule has 0 fully saturated rings. The van der Waals surface area contributed by atoms with Crippen LogP contribution in [0.4, 0.5) is 11.4 Å². The number of hydrogen-bond acceptors (Lipinski definition) is 5. The zero-order valence-electron chi connectivity index (χ0n) is 13.5. The van der Waals surface area contributed by atoms with Crippen molar-refractivity contribution in [1.29, 1.82) is 0 Å². The minimum atomic E-state index is -0.566. The van der Waals surface area contributed by atoms with Crippen molar-refractivity contribution < 1.29 is 19.8 Å². The van der Waals surface area contributed by atoms with Gasteiger partial charge in [0.25, 0.3) is 11.8 Å². The summed E-state index contributed by atoms with van der Waals surface area (Å²) in [6.07, 6.45) is 0. The molecule has 1 heterocycles. The first-order chi connectivity index (χ1) is 12.5. The molecule has 7 heteroatoms. The Hall–Kier alpha value is -3.87. The summed E-state index contributed by atoms with van der Waals surface area (Å²) in [7, 11) is 0. The Kier molecular flexibility index (Phi) is 4.80. The van der Waals surface area contributed by atoms with Crippen molar-refractivity contribution in [1.82, 2.24) is 4.98 Å². The van der Waals surface area contributed by atoms with Crippen LogP contribution >= 0.6 is 0 Å². The van der Waals surface area contributed by atoms with E-state index in [0.717, 1.165) is 0 Å². The van der Waals surface area contributed by atoms with Crippen LogP contribution in [0.3, 0.4) is 0 Å². The smallest absolute Gasteiger partial charge is 0.274 e. The van der Waals surface area contributed by atoms with Crippen LogP contribution in [0.25, 0.3) is 0 Å². The summed E-state index contributed by atoms with van der Waals surface area (Å²) < 4.78 is 0. The van der Waals surface area contributed by atoms with E-state index < -0.39 is 11.8 Å². The van der Waals surface area contributed by atoms with Crippen LogP contribution < -0.4 is 10.6 Å². The van der Waals surface area contributed by atoms with E-state index >= 15 is 0 Å². The van der Waals surface area contributed by atoms with Gasteiger partial charge in [-0.3, -0.25) is 9.59 Å². The van der Waals surface area contributed by atoms with Crippen LogP contribution in [0.15, 0.2) is 66.7 Å². The van der Waals surface area contributed by atoms with Gasteiger partial charge in [0.2, 0.25) is 0 Å². The lowest BCUT2D eigenvalue weighted by atomic mass is 10.2. The third-order valence-electron chi connectivity index (χ3n) is 3.52. The summed E-state index contributed by atoms with van der Waals surface area (Å²) in [5, 5.41) is 24.5. The maximum atomic E-state index is 12.3. The normalized spacial score (nSPS) is 10.2. The quantitative estimate of drug-likeness (QED) is 0.541. The van der Waals surface area contributed by atoms with E-state index in [1.165, 1.54) is 30.3 Å². The fraction of sp³-hybridized carbons (Fsp3) is 0. The Bertz CT molecular complexity index is 898. The van der Waals surface area contributed by atoms with Crippen molar-refractivity contribution >= 4 is 23.2 Å². The number of carbonyl (C=O) groups is 2. The molecule has 0 radical (unpaired) electrons. The molecule has 0 bridgehead atoms. The first-order valence-corrected chi connectivity index (χ1v) is 7.70. The van der Waals surface area contributed by atoms with E-state index in [1.807, 2.05) is 0 Å². The molecule has 0 aliphatic carbocycles. The molecule has 4 N–H and O–H groups in total. The van der Waals surface area contributed by atoms with Gasteiger partial charge < -0.3 is 20.8 Å². The number of nitrogens with one attached hydrogen (secondary N) is 2.